The average molecular weight is 375 g/mol. The summed E-state index contributed by atoms with van der Waals surface area (Å²) in [6.07, 6.45) is 3.90. The molecular formula is C17H27BrO2S. The van der Waals surface area contributed by atoms with Gasteiger partial charge in [0.05, 0.1) is 10.6 Å². The van der Waals surface area contributed by atoms with Crippen molar-refractivity contribution in [2.24, 2.45) is 5.41 Å². The SMILES string of the molecule is CCCC(CBr)(CCC)CS(=O)(=O)c1ccc(C)c(C)c1. The summed E-state index contributed by atoms with van der Waals surface area (Å²) in [6, 6.07) is 5.45. The number of sulfone groups is 1. The summed E-state index contributed by atoms with van der Waals surface area (Å²) in [7, 11) is -3.24. The number of aryl methyl sites for hydroxylation is 2. The van der Waals surface area contributed by atoms with Crippen LogP contribution in [0.5, 0.6) is 0 Å². The van der Waals surface area contributed by atoms with Crippen LogP contribution >= 0.6 is 15.9 Å². The topological polar surface area (TPSA) is 34.1 Å². The first-order valence-corrected chi connectivity index (χ1v) is 10.4. The molecule has 0 radical (unpaired) electrons. The first-order chi connectivity index (χ1) is 9.80. The van der Waals surface area contributed by atoms with Gasteiger partial charge in [-0.25, -0.2) is 8.42 Å². The van der Waals surface area contributed by atoms with Gasteiger partial charge in [0, 0.05) is 5.33 Å². The fourth-order valence-corrected chi connectivity index (χ4v) is 5.91. The molecule has 21 heavy (non-hydrogen) atoms. The first-order valence-electron chi connectivity index (χ1n) is 7.66. The summed E-state index contributed by atoms with van der Waals surface area (Å²) < 4.78 is 25.6. The fraction of sp³-hybridized carbons (Fsp3) is 0.647. The van der Waals surface area contributed by atoms with E-state index < -0.39 is 9.84 Å². The Kier molecular flexibility index (Phi) is 6.92. The molecule has 0 atom stereocenters. The highest BCUT2D eigenvalue weighted by atomic mass is 79.9. The van der Waals surface area contributed by atoms with Gasteiger partial charge in [0.25, 0.3) is 0 Å². The number of halogens is 1. The molecule has 120 valence electrons. The molecule has 2 nitrogen and oxygen atoms in total. The van der Waals surface area contributed by atoms with Gasteiger partial charge in [-0.05, 0) is 55.4 Å². The Bertz CT molecular complexity index is 558. The van der Waals surface area contributed by atoms with E-state index in [-0.39, 0.29) is 11.2 Å². The molecule has 0 unspecified atom stereocenters. The van der Waals surface area contributed by atoms with Crippen molar-refractivity contribution in [2.45, 2.75) is 58.3 Å². The summed E-state index contributed by atoms with van der Waals surface area (Å²) in [5.74, 6) is 0.232. The van der Waals surface area contributed by atoms with Gasteiger partial charge in [0.2, 0.25) is 0 Å². The number of rotatable bonds is 8. The zero-order chi connectivity index (χ0) is 16.1. The second kappa shape index (κ2) is 7.77. The van der Waals surface area contributed by atoms with Gasteiger partial charge < -0.3 is 0 Å². The van der Waals surface area contributed by atoms with E-state index in [2.05, 4.69) is 29.8 Å². The van der Waals surface area contributed by atoms with Gasteiger partial charge >= 0.3 is 0 Å². The van der Waals surface area contributed by atoms with Crippen LogP contribution in [0, 0.1) is 19.3 Å². The van der Waals surface area contributed by atoms with E-state index in [0.29, 0.717) is 4.90 Å². The highest BCUT2D eigenvalue weighted by Crippen LogP contribution is 2.35. The number of hydrogen-bond acceptors (Lipinski definition) is 2. The molecule has 0 saturated carbocycles. The Morgan fingerprint density at radius 2 is 1.62 bits per heavy atom. The standard InChI is InChI=1S/C17H27BrO2S/c1-5-9-17(12-18,10-6-2)13-21(19,20)16-8-7-14(3)15(4)11-16/h7-8,11H,5-6,9-10,12-13H2,1-4H3. The molecule has 1 rings (SSSR count). The molecule has 0 spiro atoms. The molecule has 0 N–H and O–H groups in total. The molecule has 1 aromatic rings. The van der Waals surface area contributed by atoms with Gasteiger partial charge in [-0.1, -0.05) is 48.7 Å². The Hall–Kier alpha value is -0.350. The van der Waals surface area contributed by atoms with Gasteiger partial charge in [-0.2, -0.15) is 0 Å². The predicted molar refractivity (Wildman–Crippen MR) is 94.0 cm³/mol. The lowest BCUT2D eigenvalue weighted by Crippen LogP contribution is -2.32. The lowest BCUT2D eigenvalue weighted by molar-refractivity contribution is 0.314. The van der Waals surface area contributed by atoms with E-state index in [1.54, 1.807) is 6.07 Å². The fourth-order valence-electron chi connectivity index (χ4n) is 2.90. The molecule has 0 fully saturated rings. The van der Waals surface area contributed by atoms with Crippen LogP contribution in [0.3, 0.4) is 0 Å². The monoisotopic (exact) mass is 374 g/mol. The van der Waals surface area contributed by atoms with Crippen LogP contribution in [0.1, 0.15) is 50.7 Å². The normalized spacial score (nSPS) is 12.6. The molecule has 0 aliphatic heterocycles. The van der Waals surface area contributed by atoms with E-state index >= 15 is 0 Å². The van der Waals surface area contributed by atoms with Crippen LogP contribution in [0.4, 0.5) is 0 Å². The van der Waals surface area contributed by atoms with Gasteiger partial charge in [0.15, 0.2) is 9.84 Å². The summed E-state index contributed by atoms with van der Waals surface area (Å²) in [5.41, 5.74) is 2.01. The lowest BCUT2D eigenvalue weighted by atomic mass is 9.83. The Balaban J connectivity index is 3.13. The third kappa shape index (κ3) is 4.82. The minimum absolute atomic E-state index is 0.152. The zero-order valence-electron chi connectivity index (χ0n) is 13.6. The average Bonchev–Trinajstić information content (AvgIpc) is 2.41. The van der Waals surface area contributed by atoms with Crippen molar-refractivity contribution in [1.82, 2.24) is 0 Å². The minimum atomic E-state index is -3.24. The van der Waals surface area contributed by atoms with Crippen molar-refractivity contribution >= 4 is 25.8 Å². The molecule has 0 saturated heterocycles. The van der Waals surface area contributed by atoms with Crippen LogP contribution in [0.25, 0.3) is 0 Å². The minimum Gasteiger partial charge on any atom is -0.224 e. The summed E-state index contributed by atoms with van der Waals surface area (Å²) >= 11 is 3.56. The third-order valence-electron chi connectivity index (χ3n) is 4.18. The lowest BCUT2D eigenvalue weighted by Gasteiger charge is -2.31. The van der Waals surface area contributed by atoms with E-state index in [1.165, 1.54) is 0 Å². The molecule has 0 aliphatic carbocycles. The predicted octanol–water partition coefficient (Wildman–Crippen LogP) is 5.06. The molecule has 0 aliphatic rings. The molecule has 0 bridgehead atoms. The van der Waals surface area contributed by atoms with Crippen LogP contribution < -0.4 is 0 Å². The van der Waals surface area contributed by atoms with Gasteiger partial charge in [0.1, 0.15) is 0 Å². The molecule has 4 heteroatoms. The molecule has 0 aromatic heterocycles. The van der Waals surface area contributed by atoms with Crippen molar-refractivity contribution in [3.8, 4) is 0 Å². The van der Waals surface area contributed by atoms with Crippen molar-refractivity contribution in [2.75, 3.05) is 11.1 Å². The maximum atomic E-state index is 12.8. The van der Waals surface area contributed by atoms with E-state index in [1.807, 2.05) is 26.0 Å². The van der Waals surface area contributed by atoms with Gasteiger partial charge in [-0.3, -0.25) is 0 Å². The van der Waals surface area contributed by atoms with E-state index in [9.17, 15) is 8.42 Å². The summed E-state index contributed by atoms with van der Waals surface area (Å²) in [5, 5.41) is 0.742. The molecule has 0 heterocycles. The van der Waals surface area contributed by atoms with Crippen LogP contribution in [-0.2, 0) is 9.84 Å². The number of hydrogen-bond donors (Lipinski definition) is 0. The largest absolute Gasteiger partial charge is 0.224 e. The van der Waals surface area contributed by atoms with Crippen molar-refractivity contribution < 1.29 is 8.42 Å². The smallest absolute Gasteiger partial charge is 0.178 e. The molecule has 0 amide bonds. The Morgan fingerprint density at radius 3 is 2.05 bits per heavy atom. The van der Waals surface area contributed by atoms with Crippen LogP contribution in [-0.4, -0.2) is 19.5 Å². The maximum absolute atomic E-state index is 12.8. The molecular weight excluding hydrogens is 348 g/mol. The van der Waals surface area contributed by atoms with Crippen molar-refractivity contribution in [3.05, 3.63) is 29.3 Å². The second-order valence-electron chi connectivity index (χ2n) is 6.14. The van der Waals surface area contributed by atoms with E-state index in [0.717, 1.165) is 42.1 Å². The summed E-state index contributed by atoms with van der Waals surface area (Å²) in [4.78, 5) is 0.461. The zero-order valence-corrected chi connectivity index (χ0v) is 16.0. The quantitative estimate of drug-likeness (QED) is 0.595. The first kappa shape index (κ1) is 18.7. The highest BCUT2D eigenvalue weighted by molar-refractivity contribution is 9.09. The summed E-state index contributed by atoms with van der Waals surface area (Å²) in [6.45, 7) is 8.21. The number of benzene rings is 1. The van der Waals surface area contributed by atoms with Crippen LogP contribution in [0.2, 0.25) is 0 Å². The Morgan fingerprint density at radius 1 is 1.05 bits per heavy atom. The van der Waals surface area contributed by atoms with Gasteiger partial charge in [-0.15, -0.1) is 0 Å². The van der Waals surface area contributed by atoms with Crippen molar-refractivity contribution in [3.63, 3.8) is 0 Å². The van der Waals surface area contributed by atoms with E-state index in [4.69, 9.17) is 0 Å². The Labute approximate surface area is 138 Å². The third-order valence-corrected chi connectivity index (χ3v) is 7.33. The number of alkyl halides is 1. The van der Waals surface area contributed by atoms with Crippen LogP contribution in [0.15, 0.2) is 23.1 Å². The van der Waals surface area contributed by atoms with Crippen molar-refractivity contribution in [1.29, 1.82) is 0 Å². The highest BCUT2D eigenvalue weighted by Gasteiger charge is 2.33. The maximum Gasteiger partial charge on any atom is 0.178 e. The second-order valence-corrected chi connectivity index (χ2v) is 8.69. The molecule has 1 aromatic carbocycles.